The van der Waals surface area contributed by atoms with Crippen LogP contribution in [0.5, 0.6) is 0 Å². The molecule has 0 unspecified atom stereocenters. The van der Waals surface area contributed by atoms with Gasteiger partial charge in [0, 0.05) is 5.33 Å². The van der Waals surface area contributed by atoms with E-state index in [1.165, 1.54) is 0 Å². The molecule has 1 nitrogen and oxygen atoms in total. The molecular weight excluding hydrogens is 304 g/mol. The predicted molar refractivity (Wildman–Crippen MR) is 46.8 cm³/mol. The largest absolute Gasteiger partial charge is 0.418 e. The molecule has 16 heavy (non-hydrogen) atoms. The lowest BCUT2D eigenvalue weighted by molar-refractivity contribution is -0.140. The van der Waals surface area contributed by atoms with Crippen LogP contribution in [-0.2, 0) is 11.5 Å². The van der Waals surface area contributed by atoms with Gasteiger partial charge in [0.1, 0.15) is 5.69 Å². The molecule has 0 N–H and O–H groups in total. The highest BCUT2D eigenvalue weighted by Crippen LogP contribution is 2.38. The van der Waals surface area contributed by atoms with E-state index >= 15 is 0 Å². The van der Waals surface area contributed by atoms with Crippen molar-refractivity contribution in [2.75, 3.05) is 0 Å². The molecule has 0 aliphatic carbocycles. The number of nitrogens with zero attached hydrogens (tertiary/aromatic N) is 1. The van der Waals surface area contributed by atoms with Crippen molar-refractivity contribution in [1.82, 2.24) is 4.98 Å². The molecule has 1 rings (SSSR count). The van der Waals surface area contributed by atoms with Crippen molar-refractivity contribution in [2.45, 2.75) is 17.9 Å². The molecule has 0 saturated heterocycles. The van der Waals surface area contributed by atoms with Crippen LogP contribution in [0, 0.1) is 5.95 Å². The number of alkyl halides is 6. The Balaban J connectivity index is 3.52. The second kappa shape index (κ2) is 4.60. The van der Waals surface area contributed by atoms with Crippen LogP contribution in [0.1, 0.15) is 23.2 Å². The Hall–Kier alpha value is -0.790. The van der Waals surface area contributed by atoms with Gasteiger partial charge in [0.15, 0.2) is 0 Å². The zero-order valence-corrected chi connectivity index (χ0v) is 9.04. The fourth-order valence-corrected chi connectivity index (χ4v) is 1.62. The van der Waals surface area contributed by atoms with Gasteiger partial charge in [-0.3, -0.25) is 0 Å². The van der Waals surface area contributed by atoms with Crippen molar-refractivity contribution in [1.29, 1.82) is 0 Å². The first-order valence-corrected chi connectivity index (χ1v) is 5.00. The first kappa shape index (κ1) is 13.3. The standard InChI is InChI=1S/C8H4BrF6N/c9-2-3-1-4(10)16-6(7(11)12)5(3)8(13,14)15/h1,7H,2H2. The monoisotopic (exact) mass is 307 g/mol. The minimum absolute atomic E-state index is 0.388. The predicted octanol–water partition coefficient (Wildman–Crippen LogP) is 4.07. The quantitative estimate of drug-likeness (QED) is 0.456. The molecule has 0 aliphatic rings. The molecule has 0 aliphatic heterocycles. The van der Waals surface area contributed by atoms with Crippen LogP contribution < -0.4 is 0 Å². The third-order valence-electron chi connectivity index (χ3n) is 1.73. The van der Waals surface area contributed by atoms with Gasteiger partial charge in [-0.15, -0.1) is 0 Å². The van der Waals surface area contributed by atoms with Crippen molar-refractivity contribution >= 4 is 15.9 Å². The summed E-state index contributed by atoms with van der Waals surface area (Å²) < 4.78 is 74.7. The minimum atomic E-state index is -4.99. The molecule has 1 heterocycles. The van der Waals surface area contributed by atoms with Gasteiger partial charge in [-0.05, 0) is 11.6 Å². The maximum Gasteiger partial charge on any atom is 0.418 e. The van der Waals surface area contributed by atoms with Gasteiger partial charge < -0.3 is 0 Å². The normalized spacial score (nSPS) is 12.2. The van der Waals surface area contributed by atoms with Gasteiger partial charge in [-0.25, -0.2) is 13.8 Å². The number of hydrogen-bond donors (Lipinski definition) is 0. The van der Waals surface area contributed by atoms with E-state index in [2.05, 4.69) is 20.9 Å². The molecular formula is C8H4BrF6N. The highest BCUT2D eigenvalue weighted by molar-refractivity contribution is 9.08. The van der Waals surface area contributed by atoms with E-state index in [9.17, 15) is 26.3 Å². The molecule has 0 fully saturated rings. The summed E-state index contributed by atoms with van der Waals surface area (Å²) in [6.07, 6.45) is -8.47. The summed E-state index contributed by atoms with van der Waals surface area (Å²) >= 11 is 2.68. The first-order valence-electron chi connectivity index (χ1n) is 3.88. The molecule has 1 aromatic heterocycles. The maximum absolute atomic E-state index is 12.7. The lowest BCUT2D eigenvalue weighted by atomic mass is 10.1. The van der Waals surface area contributed by atoms with E-state index in [1.807, 2.05) is 0 Å². The Labute approximate surface area is 94.6 Å². The highest BCUT2D eigenvalue weighted by Gasteiger charge is 2.39. The second-order valence-corrected chi connectivity index (χ2v) is 3.36. The van der Waals surface area contributed by atoms with Crippen LogP contribution >= 0.6 is 15.9 Å². The Morgan fingerprint density at radius 2 is 1.88 bits per heavy atom. The SMILES string of the molecule is Fc1cc(CBr)c(C(F)(F)F)c(C(F)F)n1. The molecule has 8 heteroatoms. The lowest BCUT2D eigenvalue weighted by Crippen LogP contribution is -2.15. The minimum Gasteiger partial charge on any atom is -0.218 e. The lowest BCUT2D eigenvalue weighted by Gasteiger charge is -2.15. The third kappa shape index (κ3) is 2.66. The summed E-state index contributed by atoms with van der Waals surface area (Å²) in [5.74, 6) is -1.36. The van der Waals surface area contributed by atoms with E-state index in [0.717, 1.165) is 0 Å². The van der Waals surface area contributed by atoms with Crippen molar-refractivity contribution in [3.05, 3.63) is 28.8 Å². The first-order chi connectivity index (χ1) is 7.27. The van der Waals surface area contributed by atoms with E-state index in [4.69, 9.17) is 0 Å². The zero-order valence-electron chi connectivity index (χ0n) is 7.45. The maximum atomic E-state index is 12.7. The topological polar surface area (TPSA) is 12.9 Å². The summed E-state index contributed by atoms with van der Waals surface area (Å²) in [5, 5.41) is -0.388. The summed E-state index contributed by atoms with van der Waals surface area (Å²) in [4.78, 5) is 2.59. The third-order valence-corrected chi connectivity index (χ3v) is 2.34. The molecule has 0 aromatic carbocycles. The molecule has 0 amide bonds. The summed E-state index contributed by atoms with van der Waals surface area (Å²) in [6, 6.07) is 0.476. The van der Waals surface area contributed by atoms with E-state index in [-0.39, 0.29) is 5.33 Å². The van der Waals surface area contributed by atoms with E-state index < -0.39 is 35.4 Å². The molecule has 0 spiro atoms. The van der Waals surface area contributed by atoms with Gasteiger partial charge in [-0.2, -0.15) is 17.6 Å². The van der Waals surface area contributed by atoms with E-state index in [1.54, 1.807) is 0 Å². The Kier molecular flexibility index (Phi) is 3.82. The van der Waals surface area contributed by atoms with Crippen molar-refractivity contribution in [2.24, 2.45) is 0 Å². The number of halogens is 7. The van der Waals surface area contributed by atoms with Gasteiger partial charge in [0.05, 0.1) is 5.56 Å². The van der Waals surface area contributed by atoms with Crippen molar-refractivity contribution in [3.63, 3.8) is 0 Å². The summed E-state index contributed by atoms with van der Waals surface area (Å²) in [6.45, 7) is 0. The van der Waals surface area contributed by atoms with Crippen LogP contribution in [0.3, 0.4) is 0 Å². The number of aromatic nitrogens is 1. The smallest absolute Gasteiger partial charge is 0.218 e. The Morgan fingerprint density at radius 3 is 2.25 bits per heavy atom. The molecule has 0 saturated carbocycles. The van der Waals surface area contributed by atoms with Gasteiger partial charge in [0.2, 0.25) is 5.95 Å². The highest BCUT2D eigenvalue weighted by atomic mass is 79.9. The average Bonchev–Trinajstić information content (AvgIpc) is 2.14. The molecule has 90 valence electrons. The van der Waals surface area contributed by atoms with Crippen LogP contribution in [0.15, 0.2) is 6.07 Å². The van der Waals surface area contributed by atoms with Gasteiger partial charge in [0.25, 0.3) is 6.43 Å². The Bertz CT molecular complexity index is 389. The van der Waals surface area contributed by atoms with Crippen LogP contribution in [0.4, 0.5) is 26.3 Å². The zero-order chi connectivity index (χ0) is 12.5. The van der Waals surface area contributed by atoms with Gasteiger partial charge >= 0.3 is 6.18 Å². The summed E-state index contributed by atoms with van der Waals surface area (Å²) in [5.41, 5.74) is -3.77. The van der Waals surface area contributed by atoms with Crippen molar-refractivity contribution < 1.29 is 26.3 Å². The van der Waals surface area contributed by atoms with Crippen LogP contribution in [0.2, 0.25) is 0 Å². The fraction of sp³-hybridized carbons (Fsp3) is 0.375. The molecule has 1 aromatic rings. The molecule has 0 radical (unpaired) electrons. The van der Waals surface area contributed by atoms with E-state index in [0.29, 0.717) is 6.07 Å². The molecule has 0 atom stereocenters. The van der Waals surface area contributed by atoms with Crippen LogP contribution in [0.25, 0.3) is 0 Å². The van der Waals surface area contributed by atoms with Crippen molar-refractivity contribution in [3.8, 4) is 0 Å². The fourth-order valence-electron chi connectivity index (χ4n) is 1.17. The number of hydrogen-bond acceptors (Lipinski definition) is 1. The molecule has 0 bridgehead atoms. The Morgan fingerprint density at radius 1 is 1.31 bits per heavy atom. The number of pyridine rings is 1. The van der Waals surface area contributed by atoms with Crippen LogP contribution in [-0.4, -0.2) is 4.98 Å². The summed E-state index contributed by atoms with van der Waals surface area (Å²) in [7, 11) is 0. The second-order valence-electron chi connectivity index (χ2n) is 2.80. The van der Waals surface area contributed by atoms with Gasteiger partial charge in [-0.1, -0.05) is 15.9 Å². The number of rotatable bonds is 2. The average molecular weight is 308 g/mol.